The lowest BCUT2D eigenvalue weighted by molar-refractivity contribution is 0.482. The Labute approximate surface area is 118 Å². The number of hydrogen-bond acceptors (Lipinski definition) is 1. The van der Waals surface area contributed by atoms with Crippen molar-refractivity contribution in [3.63, 3.8) is 0 Å². The first-order valence-electron chi connectivity index (χ1n) is 6.85. The van der Waals surface area contributed by atoms with Gasteiger partial charge in [0.05, 0.1) is 0 Å². The summed E-state index contributed by atoms with van der Waals surface area (Å²) >= 11 is 0. The molecule has 0 heterocycles. The van der Waals surface area contributed by atoms with Gasteiger partial charge in [0.25, 0.3) is 0 Å². The topological polar surface area (TPSA) is 9.23 Å². The van der Waals surface area contributed by atoms with Gasteiger partial charge in [-0.25, -0.2) is 0 Å². The van der Waals surface area contributed by atoms with Crippen molar-refractivity contribution < 1.29 is 4.74 Å². The van der Waals surface area contributed by atoms with Gasteiger partial charge in [-0.05, 0) is 48.3 Å². The monoisotopic (exact) mass is 272 g/mol. The zero-order chi connectivity index (χ0) is 13.5. The van der Waals surface area contributed by atoms with Crippen LogP contribution in [0.5, 0.6) is 11.5 Å². The fourth-order valence-electron chi connectivity index (χ4n) is 2.14. The highest BCUT2D eigenvalue weighted by Crippen LogP contribution is 2.23. The molecule has 0 saturated carbocycles. The maximum atomic E-state index is 5.85. The summed E-state index contributed by atoms with van der Waals surface area (Å²) in [7, 11) is 2.94. The summed E-state index contributed by atoms with van der Waals surface area (Å²) in [4.78, 5) is 0. The molecule has 0 amide bonds. The SMILES string of the molecule is CCCC(P)Cc1cccc(Oc2ccccc2)c1. The van der Waals surface area contributed by atoms with Crippen molar-refractivity contribution in [2.45, 2.75) is 31.8 Å². The highest BCUT2D eigenvalue weighted by molar-refractivity contribution is 7.17. The molecule has 0 saturated heterocycles. The Hall–Kier alpha value is -1.33. The minimum Gasteiger partial charge on any atom is -0.457 e. The molecule has 0 aromatic heterocycles. The summed E-state index contributed by atoms with van der Waals surface area (Å²) in [6, 6.07) is 18.3. The quantitative estimate of drug-likeness (QED) is 0.667. The second-order valence-corrected chi connectivity index (χ2v) is 5.76. The molecule has 2 unspecified atom stereocenters. The molecule has 0 bridgehead atoms. The first-order chi connectivity index (χ1) is 9.28. The Morgan fingerprint density at radius 3 is 2.47 bits per heavy atom. The minimum absolute atomic E-state index is 0.650. The predicted molar refractivity (Wildman–Crippen MR) is 85.1 cm³/mol. The number of para-hydroxylation sites is 1. The van der Waals surface area contributed by atoms with Crippen LogP contribution in [0.15, 0.2) is 54.6 Å². The molecule has 2 atom stereocenters. The lowest BCUT2D eigenvalue weighted by Crippen LogP contribution is -2.01. The largest absolute Gasteiger partial charge is 0.457 e. The summed E-state index contributed by atoms with van der Waals surface area (Å²) in [5, 5.41) is 0. The van der Waals surface area contributed by atoms with Crippen molar-refractivity contribution in [2.75, 3.05) is 0 Å². The average molecular weight is 272 g/mol. The van der Waals surface area contributed by atoms with Crippen molar-refractivity contribution in [3.05, 3.63) is 60.2 Å². The van der Waals surface area contributed by atoms with Gasteiger partial charge < -0.3 is 4.74 Å². The van der Waals surface area contributed by atoms with E-state index in [1.165, 1.54) is 18.4 Å². The molecule has 0 fully saturated rings. The van der Waals surface area contributed by atoms with Crippen LogP contribution in [0, 0.1) is 0 Å². The molecule has 2 aromatic carbocycles. The van der Waals surface area contributed by atoms with Crippen molar-refractivity contribution in [1.82, 2.24) is 0 Å². The molecule has 2 heteroatoms. The maximum Gasteiger partial charge on any atom is 0.127 e. The highest BCUT2D eigenvalue weighted by atomic mass is 31.0. The predicted octanol–water partition coefficient (Wildman–Crippen LogP) is 5.07. The number of hydrogen-bond donors (Lipinski definition) is 0. The normalized spacial score (nSPS) is 12.1. The molecular formula is C17H21OP. The van der Waals surface area contributed by atoms with Crippen LogP contribution in [-0.2, 0) is 6.42 Å². The van der Waals surface area contributed by atoms with E-state index in [9.17, 15) is 0 Å². The first kappa shape index (κ1) is 14.1. The van der Waals surface area contributed by atoms with E-state index in [0.717, 1.165) is 17.9 Å². The molecule has 0 N–H and O–H groups in total. The molecule has 2 aromatic rings. The number of benzene rings is 2. The van der Waals surface area contributed by atoms with Gasteiger partial charge in [-0.2, -0.15) is 0 Å². The summed E-state index contributed by atoms with van der Waals surface area (Å²) in [6.07, 6.45) is 3.56. The maximum absolute atomic E-state index is 5.85. The van der Waals surface area contributed by atoms with E-state index in [1.54, 1.807) is 0 Å². The molecule has 0 radical (unpaired) electrons. The molecule has 0 aliphatic rings. The van der Waals surface area contributed by atoms with E-state index in [4.69, 9.17) is 4.74 Å². The molecule has 0 aliphatic heterocycles. The molecule has 1 nitrogen and oxygen atoms in total. The van der Waals surface area contributed by atoms with E-state index in [-0.39, 0.29) is 0 Å². The summed E-state index contributed by atoms with van der Waals surface area (Å²) < 4.78 is 5.85. The average Bonchev–Trinajstić information content (AvgIpc) is 2.40. The van der Waals surface area contributed by atoms with Gasteiger partial charge in [-0.15, -0.1) is 9.24 Å². The van der Waals surface area contributed by atoms with Crippen LogP contribution in [0.1, 0.15) is 25.3 Å². The first-order valence-corrected chi connectivity index (χ1v) is 7.52. The summed E-state index contributed by atoms with van der Waals surface area (Å²) in [6.45, 7) is 2.23. The van der Waals surface area contributed by atoms with Crippen molar-refractivity contribution in [2.24, 2.45) is 0 Å². The lowest BCUT2D eigenvalue weighted by Gasteiger charge is -2.11. The molecule has 2 rings (SSSR count). The Morgan fingerprint density at radius 1 is 1.00 bits per heavy atom. The molecule has 0 aliphatic carbocycles. The van der Waals surface area contributed by atoms with Crippen LogP contribution >= 0.6 is 9.24 Å². The van der Waals surface area contributed by atoms with Gasteiger partial charge in [0.15, 0.2) is 0 Å². The zero-order valence-electron chi connectivity index (χ0n) is 11.4. The molecule has 19 heavy (non-hydrogen) atoms. The fraction of sp³-hybridized carbons (Fsp3) is 0.294. The van der Waals surface area contributed by atoms with Gasteiger partial charge in [-0.3, -0.25) is 0 Å². The fourth-order valence-corrected chi connectivity index (χ4v) is 2.74. The third-order valence-electron chi connectivity index (χ3n) is 3.03. The third kappa shape index (κ3) is 4.69. The van der Waals surface area contributed by atoms with Gasteiger partial charge in [-0.1, -0.05) is 43.7 Å². The smallest absolute Gasteiger partial charge is 0.127 e. The van der Waals surface area contributed by atoms with Gasteiger partial charge in [0.1, 0.15) is 11.5 Å². The Balaban J connectivity index is 2.03. The zero-order valence-corrected chi connectivity index (χ0v) is 12.5. The third-order valence-corrected chi connectivity index (χ3v) is 3.60. The Kier molecular flexibility index (Phi) is 5.42. The minimum atomic E-state index is 0.650. The van der Waals surface area contributed by atoms with Crippen LogP contribution in [0.4, 0.5) is 0 Å². The highest BCUT2D eigenvalue weighted by Gasteiger charge is 2.04. The van der Waals surface area contributed by atoms with E-state index in [1.807, 2.05) is 36.4 Å². The van der Waals surface area contributed by atoms with Crippen LogP contribution < -0.4 is 4.74 Å². The van der Waals surface area contributed by atoms with Gasteiger partial charge in [0, 0.05) is 0 Å². The molecule has 0 spiro atoms. The second kappa shape index (κ2) is 7.31. The molecule has 100 valence electrons. The molecular weight excluding hydrogens is 251 g/mol. The van der Waals surface area contributed by atoms with Crippen LogP contribution in [0.25, 0.3) is 0 Å². The van der Waals surface area contributed by atoms with Crippen LogP contribution in [0.3, 0.4) is 0 Å². The van der Waals surface area contributed by atoms with Crippen molar-refractivity contribution in [1.29, 1.82) is 0 Å². The lowest BCUT2D eigenvalue weighted by atomic mass is 10.1. The van der Waals surface area contributed by atoms with E-state index in [2.05, 4.69) is 34.4 Å². The standard InChI is InChI=1S/C17H21OP/c1-2-7-17(19)13-14-8-6-11-16(12-14)18-15-9-4-3-5-10-15/h3-6,8-12,17H,2,7,13,19H2,1H3. The van der Waals surface area contributed by atoms with E-state index >= 15 is 0 Å². The summed E-state index contributed by atoms with van der Waals surface area (Å²) in [5.41, 5.74) is 1.99. The van der Waals surface area contributed by atoms with Gasteiger partial charge >= 0.3 is 0 Å². The van der Waals surface area contributed by atoms with E-state index in [0.29, 0.717) is 5.66 Å². The Morgan fingerprint density at radius 2 is 1.74 bits per heavy atom. The van der Waals surface area contributed by atoms with E-state index < -0.39 is 0 Å². The number of rotatable bonds is 6. The van der Waals surface area contributed by atoms with Crippen molar-refractivity contribution in [3.8, 4) is 11.5 Å². The second-order valence-electron chi connectivity index (χ2n) is 4.82. The number of ether oxygens (including phenoxy) is 1. The van der Waals surface area contributed by atoms with Crippen LogP contribution in [-0.4, -0.2) is 5.66 Å². The Bertz CT molecular complexity index is 496. The van der Waals surface area contributed by atoms with Gasteiger partial charge in [0.2, 0.25) is 0 Å². The van der Waals surface area contributed by atoms with Crippen molar-refractivity contribution >= 4 is 9.24 Å². The summed E-state index contributed by atoms with van der Waals surface area (Å²) in [5.74, 6) is 1.80. The van der Waals surface area contributed by atoms with Crippen LogP contribution in [0.2, 0.25) is 0 Å².